The summed E-state index contributed by atoms with van der Waals surface area (Å²) in [6.45, 7) is 2.28. The summed E-state index contributed by atoms with van der Waals surface area (Å²) in [5, 5.41) is 0. The molecular formula is C13H13F3O3. The highest BCUT2D eigenvalue weighted by Gasteiger charge is 2.36. The molecule has 6 heteroatoms. The van der Waals surface area contributed by atoms with Crippen LogP contribution in [0, 0.1) is 5.92 Å². The topological polar surface area (TPSA) is 35.5 Å². The van der Waals surface area contributed by atoms with Crippen LogP contribution < -0.4 is 4.74 Å². The van der Waals surface area contributed by atoms with E-state index in [1.807, 2.05) is 6.92 Å². The molecule has 0 aliphatic carbocycles. The summed E-state index contributed by atoms with van der Waals surface area (Å²) in [4.78, 5) is 12.2. The summed E-state index contributed by atoms with van der Waals surface area (Å²) in [5.74, 6) is -0.959. The molecule has 0 radical (unpaired) electrons. The second-order valence-electron chi connectivity index (χ2n) is 4.47. The maximum atomic E-state index is 12.3. The largest absolute Gasteiger partial charge is 0.573 e. The van der Waals surface area contributed by atoms with Crippen LogP contribution in [0.3, 0.4) is 0 Å². The summed E-state index contributed by atoms with van der Waals surface area (Å²) in [5.41, 5.74) is -0.0985. The molecular weight excluding hydrogens is 261 g/mol. The first-order valence-electron chi connectivity index (χ1n) is 5.89. The van der Waals surface area contributed by atoms with E-state index in [0.717, 1.165) is 12.5 Å². The smallest absolute Gasteiger partial charge is 0.405 e. The van der Waals surface area contributed by atoms with Crippen LogP contribution in [-0.2, 0) is 4.74 Å². The molecule has 2 rings (SSSR count). The zero-order chi connectivity index (χ0) is 14.0. The Kier molecular flexibility index (Phi) is 3.80. The van der Waals surface area contributed by atoms with Gasteiger partial charge in [-0.15, -0.1) is 13.2 Å². The van der Waals surface area contributed by atoms with E-state index in [9.17, 15) is 18.0 Å². The number of benzene rings is 1. The van der Waals surface area contributed by atoms with Crippen LogP contribution in [-0.4, -0.2) is 24.9 Å². The number of Topliss-reactive ketones (excluding diaryl/α,β-unsaturated/α-hetero) is 1. The van der Waals surface area contributed by atoms with E-state index >= 15 is 0 Å². The van der Waals surface area contributed by atoms with Crippen molar-refractivity contribution in [3.8, 4) is 5.75 Å². The lowest BCUT2D eigenvalue weighted by atomic mass is 9.96. The Hall–Kier alpha value is -1.56. The van der Waals surface area contributed by atoms with Gasteiger partial charge in [-0.05, 0) is 24.5 Å². The number of carbonyl (C=O) groups is 1. The van der Waals surface area contributed by atoms with Gasteiger partial charge in [0, 0.05) is 6.61 Å². The standard InChI is InChI=1S/C13H13F3O3/c1-8-6-7-18-12(8)11(17)9-4-2-3-5-10(9)19-13(14,15)16/h2-5,8,12H,6-7H2,1H3. The van der Waals surface area contributed by atoms with Gasteiger partial charge < -0.3 is 9.47 Å². The van der Waals surface area contributed by atoms with Crippen LogP contribution in [0.1, 0.15) is 23.7 Å². The van der Waals surface area contributed by atoms with Crippen molar-refractivity contribution in [1.82, 2.24) is 0 Å². The fourth-order valence-corrected chi connectivity index (χ4v) is 2.07. The van der Waals surface area contributed by atoms with Gasteiger partial charge in [-0.1, -0.05) is 19.1 Å². The molecule has 19 heavy (non-hydrogen) atoms. The monoisotopic (exact) mass is 274 g/mol. The van der Waals surface area contributed by atoms with Gasteiger partial charge in [0.15, 0.2) is 5.78 Å². The third-order valence-electron chi connectivity index (χ3n) is 3.02. The predicted molar refractivity (Wildman–Crippen MR) is 61.0 cm³/mol. The molecule has 3 nitrogen and oxygen atoms in total. The van der Waals surface area contributed by atoms with Crippen molar-refractivity contribution in [2.45, 2.75) is 25.8 Å². The summed E-state index contributed by atoms with van der Waals surface area (Å²) < 4.78 is 46.0. The number of ketones is 1. The van der Waals surface area contributed by atoms with Crippen molar-refractivity contribution >= 4 is 5.78 Å². The lowest BCUT2D eigenvalue weighted by Gasteiger charge is -2.16. The molecule has 104 valence electrons. The van der Waals surface area contributed by atoms with E-state index in [0.29, 0.717) is 6.61 Å². The third kappa shape index (κ3) is 3.26. The van der Waals surface area contributed by atoms with Crippen LogP contribution in [0.25, 0.3) is 0 Å². The molecule has 1 aliphatic rings. The molecule has 0 bridgehead atoms. The maximum Gasteiger partial charge on any atom is 0.573 e. The number of halogens is 3. The number of carbonyl (C=O) groups excluding carboxylic acids is 1. The molecule has 0 amide bonds. The van der Waals surface area contributed by atoms with E-state index < -0.39 is 24.0 Å². The third-order valence-corrected chi connectivity index (χ3v) is 3.02. The van der Waals surface area contributed by atoms with E-state index in [2.05, 4.69) is 4.74 Å². The van der Waals surface area contributed by atoms with Gasteiger partial charge in [0.25, 0.3) is 0 Å². The first-order chi connectivity index (χ1) is 8.88. The van der Waals surface area contributed by atoms with E-state index in [4.69, 9.17) is 4.74 Å². The average Bonchev–Trinajstić information content (AvgIpc) is 2.73. The number of rotatable bonds is 3. The molecule has 0 spiro atoms. The molecule has 0 aromatic heterocycles. The maximum absolute atomic E-state index is 12.3. The van der Waals surface area contributed by atoms with Crippen LogP contribution in [0.4, 0.5) is 13.2 Å². The molecule has 1 aliphatic heterocycles. The van der Waals surface area contributed by atoms with E-state index in [1.165, 1.54) is 18.2 Å². The highest BCUT2D eigenvalue weighted by atomic mass is 19.4. The minimum atomic E-state index is -4.82. The minimum Gasteiger partial charge on any atom is -0.405 e. The molecule has 1 saturated heterocycles. The predicted octanol–water partition coefficient (Wildman–Crippen LogP) is 3.19. The van der Waals surface area contributed by atoms with Crippen molar-refractivity contribution in [3.63, 3.8) is 0 Å². The first kappa shape index (κ1) is 13.9. The minimum absolute atomic E-state index is 0.00792. The quantitative estimate of drug-likeness (QED) is 0.794. The summed E-state index contributed by atoms with van der Waals surface area (Å²) in [7, 11) is 0. The fraction of sp³-hybridized carbons (Fsp3) is 0.462. The van der Waals surface area contributed by atoms with Gasteiger partial charge in [0.2, 0.25) is 0 Å². The Morgan fingerprint density at radius 3 is 2.63 bits per heavy atom. The summed E-state index contributed by atoms with van der Waals surface area (Å²) >= 11 is 0. The van der Waals surface area contributed by atoms with Gasteiger partial charge in [-0.3, -0.25) is 4.79 Å². The lowest BCUT2D eigenvalue weighted by Crippen LogP contribution is -2.27. The number of hydrogen-bond acceptors (Lipinski definition) is 3. The van der Waals surface area contributed by atoms with Crippen molar-refractivity contribution in [2.24, 2.45) is 5.92 Å². The zero-order valence-corrected chi connectivity index (χ0v) is 10.2. The Morgan fingerprint density at radius 2 is 2.05 bits per heavy atom. The van der Waals surface area contributed by atoms with Crippen molar-refractivity contribution in [2.75, 3.05) is 6.61 Å². The van der Waals surface area contributed by atoms with Crippen LogP contribution in [0.15, 0.2) is 24.3 Å². The summed E-state index contributed by atoms with van der Waals surface area (Å²) in [6.07, 6.45) is -4.80. The van der Waals surface area contributed by atoms with Crippen molar-refractivity contribution in [3.05, 3.63) is 29.8 Å². The SMILES string of the molecule is CC1CCOC1C(=O)c1ccccc1OC(F)(F)F. The molecule has 2 atom stereocenters. The van der Waals surface area contributed by atoms with Crippen molar-refractivity contribution < 1.29 is 27.4 Å². The molecule has 0 N–H and O–H groups in total. The summed E-state index contributed by atoms with van der Waals surface area (Å²) in [6, 6.07) is 5.32. The number of hydrogen-bond donors (Lipinski definition) is 0. The first-order valence-corrected chi connectivity index (χ1v) is 5.89. The molecule has 0 saturated carbocycles. The van der Waals surface area contributed by atoms with Gasteiger partial charge in [0.1, 0.15) is 11.9 Å². The molecule has 2 unspecified atom stereocenters. The van der Waals surface area contributed by atoms with Gasteiger partial charge in [-0.25, -0.2) is 0 Å². The second kappa shape index (κ2) is 5.21. The van der Waals surface area contributed by atoms with Crippen molar-refractivity contribution in [1.29, 1.82) is 0 Å². The van der Waals surface area contributed by atoms with Crippen LogP contribution in [0.2, 0.25) is 0 Å². The van der Waals surface area contributed by atoms with Gasteiger partial charge in [-0.2, -0.15) is 0 Å². The Morgan fingerprint density at radius 1 is 1.37 bits per heavy atom. The number of para-hydroxylation sites is 1. The highest BCUT2D eigenvalue weighted by Crippen LogP contribution is 2.30. The number of ether oxygens (including phenoxy) is 2. The lowest BCUT2D eigenvalue weighted by molar-refractivity contribution is -0.274. The van der Waals surface area contributed by atoms with Gasteiger partial charge in [0.05, 0.1) is 5.56 Å². The fourth-order valence-electron chi connectivity index (χ4n) is 2.07. The molecule has 1 aromatic carbocycles. The Labute approximate surface area is 108 Å². The zero-order valence-electron chi connectivity index (χ0n) is 10.2. The number of alkyl halides is 3. The van der Waals surface area contributed by atoms with Crippen LogP contribution >= 0.6 is 0 Å². The van der Waals surface area contributed by atoms with E-state index in [-0.39, 0.29) is 11.5 Å². The van der Waals surface area contributed by atoms with E-state index in [1.54, 1.807) is 0 Å². The molecule has 1 heterocycles. The average molecular weight is 274 g/mol. The van der Waals surface area contributed by atoms with Gasteiger partial charge >= 0.3 is 6.36 Å². The normalized spacial score (nSPS) is 23.4. The molecule has 1 aromatic rings. The molecule has 1 fully saturated rings. The second-order valence-corrected chi connectivity index (χ2v) is 4.47. The highest BCUT2D eigenvalue weighted by molar-refractivity contribution is 6.02. The Balaban J connectivity index is 2.26. The van der Waals surface area contributed by atoms with Crippen LogP contribution in [0.5, 0.6) is 5.75 Å². The Bertz CT molecular complexity index is 470.